The maximum atomic E-state index is 12.6. The Kier molecular flexibility index (Phi) is 3.89. The van der Waals surface area contributed by atoms with Crippen molar-refractivity contribution in [3.05, 3.63) is 41.7 Å². The highest BCUT2D eigenvalue weighted by molar-refractivity contribution is 5.63. The quantitative estimate of drug-likeness (QED) is 0.642. The van der Waals surface area contributed by atoms with Crippen LogP contribution in [0.4, 0.5) is 17.6 Å². The minimum absolute atomic E-state index is 0.0454. The molecule has 0 bridgehead atoms. The lowest BCUT2D eigenvalue weighted by molar-refractivity contribution is -0.0800. The third-order valence-corrected chi connectivity index (χ3v) is 1.68. The minimum atomic E-state index is -4.48. The Balaban J connectivity index is 3.03. The lowest BCUT2D eigenvalue weighted by atomic mass is 10.1. The molecular formula is C10H9F4NO. The number of hydroxylamine groups is 1. The molecule has 0 spiro atoms. The Bertz CT molecular complexity index is 369. The highest BCUT2D eigenvalue weighted by Crippen LogP contribution is 2.22. The second-order valence-corrected chi connectivity index (χ2v) is 2.91. The van der Waals surface area contributed by atoms with Gasteiger partial charge in [0.05, 0.1) is 12.8 Å². The summed E-state index contributed by atoms with van der Waals surface area (Å²) < 4.78 is 49.0. The molecule has 0 aliphatic heterocycles. The van der Waals surface area contributed by atoms with Gasteiger partial charge in [-0.15, -0.1) is 0 Å². The van der Waals surface area contributed by atoms with Gasteiger partial charge in [-0.1, -0.05) is 0 Å². The Labute approximate surface area is 89.5 Å². The summed E-state index contributed by atoms with van der Waals surface area (Å²) in [6.07, 6.45) is -4.43. The lowest BCUT2D eigenvalue weighted by Gasteiger charge is -2.10. The van der Waals surface area contributed by atoms with Crippen LogP contribution in [-0.2, 0) is 4.84 Å². The number of nitrogens with one attached hydrogen (secondary N) is 1. The van der Waals surface area contributed by atoms with Crippen LogP contribution in [0.15, 0.2) is 30.3 Å². The topological polar surface area (TPSA) is 21.3 Å². The Morgan fingerprint density at radius 2 is 1.81 bits per heavy atom. The predicted molar refractivity (Wildman–Crippen MR) is 50.6 cm³/mol. The van der Waals surface area contributed by atoms with Gasteiger partial charge in [-0.3, -0.25) is 10.3 Å². The number of halogens is 4. The molecule has 6 heteroatoms. The zero-order valence-electron chi connectivity index (χ0n) is 8.31. The Morgan fingerprint density at radius 3 is 2.25 bits per heavy atom. The second-order valence-electron chi connectivity index (χ2n) is 2.91. The van der Waals surface area contributed by atoms with Crippen molar-refractivity contribution >= 4 is 5.70 Å². The summed E-state index contributed by atoms with van der Waals surface area (Å²) in [5.74, 6) is -0.521. The smallest absolute Gasteiger partial charge is 0.279 e. The van der Waals surface area contributed by atoms with Crippen LogP contribution in [0.1, 0.15) is 5.56 Å². The van der Waals surface area contributed by atoms with E-state index in [1.165, 1.54) is 19.2 Å². The van der Waals surface area contributed by atoms with E-state index in [1.54, 1.807) is 0 Å². The van der Waals surface area contributed by atoms with Crippen LogP contribution >= 0.6 is 0 Å². The van der Waals surface area contributed by atoms with Crippen molar-refractivity contribution < 1.29 is 22.4 Å². The van der Waals surface area contributed by atoms with Crippen LogP contribution in [0.25, 0.3) is 5.70 Å². The van der Waals surface area contributed by atoms with E-state index < -0.39 is 12.0 Å². The SMILES string of the molecule is CONC(=CC(F)(F)F)c1ccc(F)cc1. The summed E-state index contributed by atoms with van der Waals surface area (Å²) in [6.45, 7) is 0. The van der Waals surface area contributed by atoms with E-state index in [1.807, 2.05) is 0 Å². The van der Waals surface area contributed by atoms with Crippen molar-refractivity contribution in [2.45, 2.75) is 6.18 Å². The molecule has 0 fully saturated rings. The van der Waals surface area contributed by atoms with E-state index in [0.717, 1.165) is 12.1 Å². The largest absolute Gasteiger partial charge is 0.411 e. The van der Waals surface area contributed by atoms with Crippen LogP contribution < -0.4 is 5.48 Å². The first-order valence-corrected chi connectivity index (χ1v) is 4.27. The van der Waals surface area contributed by atoms with E-state index in [9.17, 15) is 17.6 Å². The van der Waals surface area contributed by atoms with E-state index in [-0.39, 0.29) is 17.3 Å². The second kappa shape index (κ2) is 4.98. The summed E-state index contributed by atoms with van der Waals surface area (Å²) in [4.78, 5) is 4.42. The van der Waals surface area contributed by atoms with Crippen LogP contribution in [0.5, 0.6) is 0 Å². The van der Waals surface area contributed by atoms with Gasteiger partial charge in [-0.2, -0.15) is 13.2 Å². The molecule has 0 aliphatic rings. The summed E-state index contributed by atoms with van der Waals surface area (Å²) in [7, 11) is 1.19. The molecule has 16 heavy (non-hydrogen) atoms. The highest BCUT2D eigenvalue weighted by atomic mass is 19.4. The minimum Gasteiger partial charge on any atom is -0.279 e. The first-order valence-electron chi connectivity index (χ1n) is 4.27. The van der Waals surface area contributed by atoms with Crippen molar-refractivity contribution in [3.8, 4) is 0 Å². The number of benzene rings is 1. The molecule has 0 saturated carbocycles. The Hall–Kier alpha value is -1.56. The molecule has 2 nitrogen and oxygen atoms in total. The number of alkyl halides is 3. The van der Waals surface area contributed by atoms with E-state index in [4.69, 9.17) is 0 Å². The highest BCUT2D eigenvalue weighted by Gasteiger charge is 2.25. The molecule has 0 unspecified atom stereocenters. The molecular weight excluding hydrogens is 226 g/mol. The molecule has 0 aliphatic carbocycles. The third-order valence-electron chi connectivity index (χ3n) is 1.68. The molecule has 1 aromatic rings. The molecule has 0 atom stereocenters. The Morgan fingerprint density at radius 1 is 1.25 bits per heavy atom. The summed E-state index contributed by atoms with van der Waals surface area (Å²) >= 11 is 0. The van der Waals surface area contributed by atoms with E-state index in [2.05, 4.69) is 10.3 Å². The lowest BCUT2D eigenvalue weighted by Crippen LogP contribution is -2.14. The maximum absolute atomic E-state index is 12.6. The van der Waals surface area contributed by atoms with Gasteiger partial charge in [0.1, 0.15) is 5.82 Å². The number of hydrogen-bond acceptors (Lipinski definition) is 2. The summed E-state index contributed by atoms with van der Waals surface area (Å²) in [6, 6.07) is 4.58. The van der Waals surface area contributed by atoms with Gasteiger partial charge in [-0.25, -0.2) is 4.39 Å². The molecule has 0 saturated heterocycles. The van der Waals surface area contributed by atoms with E-state index >= 15 is 0 Å². The maximum Gasteiger partial charge on any atom is 0.411 e. The van der Waals surface area contributed by atoms with Crippen molar-refractivity contribution in [2.75, 3.05) is 7.11 Å². The molecule has 88 valence electrons. The van der Waals surface area contributed by atoms with Gasteiger partial charge in [0.25, 0.3) is 0 Å². The zero-order valence-corrected chi connectivity index (χ0v) is 8.31. The van der Waals surface area contributed by atoms with Crippen molar-refractivity contribution in [2.24, 2.45) is 0 Å². The van der Waals surface area contributed by atoms with Crippen LogP contribution in [-0.4, -0.2) is 13.3 Å². The fourth-order valence-corrected chi connectivity index (χ4v) is 1.07. The normalized spacial score (nSPS) is 12.7. The summed E-state index contributed by atoms with van der Waals surface area (Å²) in [5.41, 5.74) is 1.99. The average molecular weight is 235 g/mol. The van der Waals surface area contributed by atoms with Crippen LogP contribution in [0.3, 0.4) is 0 Å². The number of rotatable bonds is 3. The van der Waals surface area contributed by atoms with Crippen LogP contribution in [0, 0.1) is 5.82 Å². The molecule has 0 aromatic heterocycles. The fraction of sp³-hybridized carbons (Fsp3) is 0.200. The van der Waals surface area contributed by atoms with Gasteiger partial charge in [0.15, 0.2) is 0 Å². The molecule has 0 radical (unpaired) electrons. The van der Waals surface area contributed by atoms with Gasteiger partial charge in [0.2, 0.25) is 0 Å². The first kappa shape index (κ1) is 12.5. The zero-order chi connectivity index (χ0) is 12.2. The molecule has 1 aromatic carbocycles. The molecule has 0 amide bonds. The monoisotopic (exact) mass is 235 g/mol. The van der Waals surface area contributed by atoms with Crippen molar-refractivity contribution in [1.29, 1.82) is 0 Å². The van der Waals surface area contributed by atoms with Gasteiger partial charge < -0.3 is 0 Å². The van der Waals surface area contributed by atoms with Gasteiger partial charge in [-0.05, 0) is 24.3 Å². The summed E-state index contributed by atoms with van der Waals surface area (Å²) in [5, 5.41) is 0. The first-order chi connectivity index (χ1) is 7.42. The third kappa shape index (κ3) is 3.90. The average Bonchev–Trinajstić information content (AvgIpc) is 2.16. The van der Waals surface area contributed by atoms with Crippen molar-refractivity contribution in [1.82, 2.24) is 5.48 Å². The van der Waals surface area contributed by atoms with E-state index in [0.29, 0.717) is 0 Å². The molecule has 0 heterocycles. The van der Waals surface area contributed by atoms with Crippen LogP contribution in [0.2, 0.25) is 0 Å². The molecule has 1 rings (SSSR count). The fourth-order valence-electron chi connectivity index (χ4n) is 1.07. The predicted octanol–water partition coefficient (Wildman–Crippen LogP) is 2.88. The number of allylic oxidation sites excluding steroid dienone is 1. The molecule has 1 N–H and O–H groups in total. The van der Waals surface area contributed by atoms with Gasteiger partial charge >= 0.3 is 6.18 Å². The number of hydrogen-bond donors (Lipinski definition) is 1. The van der Waals surface area contributed by atoms with Crippen molar-refractivity contribution in [3.63, 3.8) is 0 Å². The van der Waals surface area contributed by atoms with Gasteiger partial charge in [0, 0.05) is 11.6 Å². The standard InChI is InChI=1S/C10H9F4NO/c1-16-15-9(6-10(12,13)14)7-2-4-8(11)5-3-7/h2-6,15H,1H3.